The van der Waals surface area contributed by atoms with E-state index < -0.39 is 18.2 Å². The summed E-state index contributed by atoms with van der Waals surface area (Å²) in [6, 6.07) is 14.4. The van der Waals surface area contributed by atoms with Crippen LogP contribution in [0.25, 0.3) is 16.3 Å². The number of nitrogens with zero attached hydrogens (tertiary/aromatic N) is 5. The van der Waals surface area contributed by atoms with Gasteiger partial charge in [0.05, 0.1) is 33.4 Å². The minimum Gasteiger partial charge on any atom is -0.507 e. The van der Waals surface area contributed by atoms with E-state index in [1.54, 1.807) is 56.2 Å². The Kier molecular flexibility index (Phi) is 9.53. The number of rotatable bonds is 9. The highest BCUT2D eigenvalue weighted by molar-refractivity contribution is 7.22. The maximum absolute atomic E-state index is 14.3. The summed E-state index contributed by atoms with van der Waals surface area (Å²) in [4.78, 5) is 49.8. The first-order valence-corrected chi connectivity index (χ1v) is 17.0. The minimum absolute atomic E-state index is 0.0711. The summed E-state index contributed by atoms with van der Waals surface area (Å²) in [6.45, 7) is 8.01. The molecule has 3 aromatic carbocycles. The number of para-hydroxylation sites is 1. The number of hydrogen-bond donors (Lipinski definition) is 3. The van der Waals surface area contributed by atoms with E-state index in [9.17, 15) is 19.5 Å². The van der Waals surface area contributed by atoms with Crippen molar-refractivity contribution in [1.29, 1.82) is 0 Å². The molecule has 4 amide bonds. The van der Waals surface area contributed by atoms with Crippen LogP contribution >= 0.6 is 34.5 Å². The topological polar surface area (TPSA) is 135 Å². The molecule has 0 spiro atoms. The Morgan fingerprint density at radius 3 is 2.67 bits per heavy atom. The molecule has 2 atom stereocenters. The minimum atomic E-state index is -0.864. The molecule has 3 heterocycles. The van der Waals surface area contributed by atoms with Crippen molar-refractivity contribution in [3.63, 3.8) is 0 Å². The fraction of sp³-hybridized carbons (Fsp3) is 0.294. The third-order valence-corrected chi connectivity index (χ3v) is 10.2. The largest absolute Gasteiger partial charge is 0.507 e. The lowest BCUT2D eigenvalue weighted by Crippen LogP contribution is -2.66. The molecule has 2 aliphatic rings. The number of nitrogen functional groups attached to an aromatic ring is 1. The molecule has 11 nitrogen and oxygen atoms in total. The third kappa shape index (κ3) is 6.53. The maximum atomic E-state index is 14.3. The highest BCUT2D eigenvalue weighted by Crippen LogP contribution is 2.33. The van der Waals surface area contributed by atoms with Gasteiger partial charge in [0.15, 0.2) is 5.13 Å². The Balaban J connectivity index is 1.33. The van der Waals surface area contributed by atoms with E-state index >= 15 is 0 Å². The number of phenols is 1. The molecule has 2 saturated heterocycles. The zero-order valence-corrected chi connectivity index (χ0v) is 28.7. The van der Waals surface area contributed by atoms with E-state index in [4.69, 9.17) is 28.9 Å². The number of thiazole rings is 1. The van der Waals surface area contributed by atoms with Gasteiger partial charge in [-0.2, -0.15) is 5.01 Å². The number of carbonyl (C=O) groups excluding carboxylic acids is 3. The quantitative estimate of drug-likeness (QED) is 0.209. The van der Waals surface area contributed by atoms with Crippen LogP contribution in [-0.2, 0) is 29.1 Å². The summed E-state index contributed by atoms with van der Waals surface area (Å²) in [6.07, 6.45) is 1.11. The number of benzene rings is 3. The number of fused-ring (bicyclic) bond motifs is 2. The molecule has 48 heavy (non-hydrogen) atoms. The number of nitrogens with two attached hydrogens (primary N) is 1. The van der Waals surface area contributed by atoms with Gasteiger partial charge in [0.25, 0.3) is 0 Å². The Bertz CT molecular complexity index is 1920. The van der Waals surface area contributed by atoms with Crippen LogP contribution < -0.4 is 11.1 Å². The van der Waals surface area contributed by atoms with Gasteiger partial charge >= 0.3 is 6.03 Å². The fourth-order valence-corrected chi connectivity index (χ4v) is 7.50. The van der Waals surface area contributed by atoms with Gasteiger partial charge in [-0.05, 0) is 60.9 Å². The van der Waals surface area contributed by atoms with E-state index in [0.717, 1.165) is 26.9 Å². The highest BCUT2D eigenvalue weighted by atomic mass is 35.5. The maximum Gasteiger partial charge on any atom is 0.332 e. The Labute approximate surface area is 292 Å². The van der Waals surface area contributed by atoms with Gasteiger partial charge in [-0.15, -0.1) is 0 Å². The second-order valence-corrected chi connectivity index (χ2v) is 14.0. The fourth-order valence-electron chi connectivity index (χ4n) is 6.39. The number of phenolic OH excluding ortho intramolecular Hbond substituents is 1. The Hall–Kier alpha value is -4.36. The lowest BCUT2D eigenvalue weighted by molar-refractivity contribution is -0.158. The van der Waals surface area contributed by atoms with Crippen LogP contribution in [0.5, 0.6) is 5.75 Å². The molecule has 250 valence electrons. The highest BCUT2D eigenvalue weighted by Gasteiger charge is 2.52. The summed E-state index contributed by atoms with van der Waals surface area (Å²) >= 11 is 13.6. The molecule has 14 heteroatoms. The molecule has 0 saturated carbocycles. The van der Waals surface area contributed by atoms with Gasteiger partial charge in [0.1, 0.15) is 18.0 Å². The average Bonchev–Trinajstić information content (AvgIpc) is 3.59. The number of aromatic hydroxyl groups is 1. The van der Waals surface area contributed by atoms with Crippen molar-refractivity contribution >= 4 is 73.8 Å². The number of aromatic nitrogens is 1. The lowest BCUT2D eigenvalue weighted by Gasteiger charge is -2.47. The van der Waals surface area contributed by atoms with Crippen molar-refractivity contribution in [2.24, 2.45) is 0 Å². The van der Waals surface area contributed by atoms with E-state index in [0.29, 0.717) is 20.7 Å². The first-order chi connectivity index (χ1) is 22.9. The van der Waals surface area contributed by atoms with Gasteiger partial charge in [-0.3, -0.25) is 14.6 Å². The first-order valence-electron chi connectivity index (χ1n) is 15.4. The molecule has 2 fully saturated rings. The van der Waals surface area contributed by atoms with E-state index in [1.165, 1.54) is 17.4 Å². The van der Waals surface area contributed by atoms with E-state index in [-0.39, 0.29) is 56.2 Å². The number of piperazine rings is 1. The van der Waals surface area contributed by atoms with Crippen molar-refractivity contribution in [3.8, 4) is 5.75 Å². The van der Waals surface area contributed by atoms with Crippen LogP contribution in [0.3, 0.4) is 0 Å². The Morgan fingerprint density at radius 2 is 1.94 bits per heavy atom. The number of urea groups is 1. The van der Waals surface area contributed by atoms with Crippen molar-refractivity contribution < 1.29 is 19.5 Å². The molecule has 6 rings (SSSR count). The van der Waals surface area contributed by atoms with Gasteiger partial charge < -0.3 is 26.0 Å². The molecule has 4 aromatic rings. The van der Waals surface area contributed by atoms with Crippen molar-refractivity contribution in [3.05, 3.63) is 93.5 Å². The van der Waals surface area contributed by atoms with Gasteiger partial charge in [0, 0.05) is 31.1 Å². The molecule has 0 bridgehead atoms. The first kappa shape index (κ1) is 33.5. The molecule has 0 aliphatic carbocycles. The number of anilines is 1. The molecular weight excluding hydrogens is 673 g/mol. The predicted molar refractivity (Wildman–Crippen MR) is 188 cm³/mol. The average molecular weight is 709 g/mol. The van der Waals surface area contributed by atoms with Crippen molar-refractivity contribution in [2.75, 3.05) is 18.8 Å². The SMILES string of the molecule is C=Cc1cc(C[C@H]2C(=O)N(Cc3cccc4sc(N)nc34)C[C@H]3N2C(=O)CN3N(C(=O)NCc2ccc(Cl)c(Cl)c2)C(C)C)ccc1O. The van der Waals surface area contributed by atoms with Gasteiger partial charge in [-0.25, -0.2) is 9.78 Å². The third-order valence-electron chi connectivity index (χ3n) is 8.59. The van der Waals surface area contributed by atoms with Crippen molar-refractivity contribution in [1.82, 2.24) is 30.1 Å². The number of halogens is 2. The summed E-state index contributed by atoms with van der Waals surface area (Å²) < 4.78 is 0.913. The number of hydrazine groups is 1. The Morgan fingerprint density at radius 1 is 1.17 bits per heavy atom. The number of hydrogen-bond acceptors (Lipinski definition) is 8. The normalized spacial score (nSPS) is 18.1. The second-order valence-electron chi connectivity index (χ2n) is 12.1. The van der Waals surface area contributed by atoms with E-state index in [1.807, 2.05) is 32.0 Å². The zero-order chi connectivity index (χ0) is 34.3. The van der Waals surface area contributed by atoms with Crippen LogP contribution in [0.15, 0.2) is 61.2 Å². The monoisotopic (exact) mass is 707 g/mol. The molecule has 0 radical (unpaired) electrons. The second kappa shape index (κ2) is 13.6. The summed E-state index contributed by atoms with van der Waals surface area (Å²) in [7, 11) is 0. The van der Waals surface area contributed by atoms with Crippen LogP contribution in [0.1, 0.15) is 36.1 Å². The molecule has 1 aromatic heterocycles. The lowest BCUT2D eigenvalue weighted by atomic mass is 9.98. The zero-order valence-electron chi connectivity index (χ0n) is 26.4. The van der Waals surface area contributed by atoms with Gasteiger partial charge in [0.2, 0.25) is 11.8 Å². The summed E-state index contributed by atoms with van der Waals surface area (Å²) in [5, 5.41) is 17.7. The molecular formula is C34H35Cl2N7O4S. The smallest absolute Gasteiger partial charge is 0.332 e. The van der Waals surface area contributed by atoms with Crippen LogP contribution in [0.4, 0.5) is 9.93 Å². The van der Waals surface area contributed by atoms with Crippen LogP contribution in [0, 0.1) is 0 Å². The number of carbonyl (C=O) groups is 3. The standard InChI is InChI=1S/C34H35Cl2N7O4S/c1-4-22-12-20(9-11-27(22)44)14-26-32(46)40(16-23-6-5-7-28-31(23)39-33(37)48-28)17-29-41(18-30(45)42(26)29)43(19(2)3)34(47)38-15-21-8-10-24(35)25(36)13-21/h4-13,19,26,29,44H,1,14-18H2,2-3H3,(H2,37,39)(H,38,47)/t26-,29+/m0/s1. The molecule has 0 unspecified atom stereocenters. The molecule has 2 aliphatic heterocycles. The predicted octanol–water partition coefficient (Wildman–Crippen LogP) is 5.49. The van der Waals surface area contributed by atoms with Crippen molar-refractivity contribution in [2.45, 2.75) is 51.6 Å². The van der Waals surface area contributed by atoms with Crippen LogP contribution in [-0.4, -0.2) is 79.1 Å². The molecule has 4 N–H and O–H groups in total. The summed E-state index contributed by atoms with van der Waals surface area (Å²) in [5.41, 5.74) is 9.62. The van der Waals surface area contributed by atoms with Crippen LogP contribution in [0.2, 0.25) is 10.0 Å². The summed E-state index contributed by atoms with van der Waals surface area (Å²) in [5.74, 6) is -0.421. The number of amides is 4. The van der Waals surface area contributed by atoms with E-state index in [2.05, 4.69) is 16.9 Å². The number of nitrogens with one attached hydrogen (secondary N) is 1. The van der Waals surface area contributed by atoms with Gasteiger partial charge in [-0.1, -0.05) is 71.5 Å².